The predicted molar refractivity (Wildman–Crippen MR) is 102 cm³/mol. The first kappa shape index (κ1) is 23.5. The van der Waals surface area contributed by atoms with Crippen LogP contribution >= 0.6 is 12.2 Å². The Balaban J connectivity index is 2.14. The highest BCUT2D eigenvalue weighted by molar-refractivity contribution is 7.80. The minimum absolute atomic E-state index is 0.00636. The van der Waals surface area contributed by atoms with Crippen molar-refractivity contribution >= 4 is 28.9 Å². The molecule has 0 radical (unpaired) electrons. The molecule has 0 atom stereocenters. The van der Waals surface area contributed by atoms with Gasteiger partial charge >= 0.3 is 12.4 Å². The largest absolute Gasteiger partial charge is 0.491 e. The maximum absolute atomic E-state index is 12.9. The third-order valence-electron chi connectivity index (χ3n) is 3.56. The average molecular weight is 450 g/mol. The van der Waals surface area contributed by atoms with Gasteiger partial charge in [0.05, 0.1) is 17.2 Å². The van der Waals surface area contributed by atoms with Crippen LogP contribution < -0.4 is 15.4 Å². The molecule has 0 aliphatic carbocycles. The van der Waals surface area contributed by atoms with Crippen LogP contribution in [0, 0.1) is 0 Å². The summed E-state index contributed by atoms with van der Waals surface area (Å²) < 4.78 is 82.9. The number of nitrogens with one attached hydrogen (secondary N) is 2. The summed E-state index contributed by atoms with van der Waals surface area (Å²) in [6.07, 6.45) is -10.1. The van der Waals surface area contributed by atoms with E-state index in [4.69, 9.17) is 17.0 Å². The molecule has 0 bridgehead atoms. The number of halogens is 6. The van der Waals surface area contributed by atoms with Crippen molar-refractivity contribution in [1.82, 2.24) is 5.32 Å². The number of hydrogen-bond donors (Lipinski definition) is 2. The van der Waals surface area contributed by atoms with E-state index in [2.05, 4.69) is 10.6 Å². The second kappa shape index (κ2) is 8.90. The normalized spacial score (nSPS) is 11.9. The first-order chi connectivity index (χ1) is 13.8. The van der Waals surface area contributed by atoms with Crippen molar-refractivity contribution in [2.75, 3.05) is 5.32 Å². The van der Waals surface area contributed by atoms with Gasteiger partial charge in [-0.1, -0.05) is 0 Å². The monoisotopic (exact) mass is 450 g/mol. The molecule has 0 aromatic heterocycles. The van der Waals surface area contributed by atoms with Gasteiger partial charge in [-0.05, 0) is 68.5 Å². The van der Waals surface area contributed by atoms with Crippen LogP contribution in [0.25, 0.3) is 0 Å². The minimum Gasteiger partial charge on any atom is -0.491 e. The van der Waals surface area contributed by atoms with Crippen molar-refractivity contribution in [2.45, 2.75) is 32.3 Å². The fraction of sp³-hybridized carbons (Fsp3) is 0.263. The summed E-state index contributed by atoms with van der Waals surface area (Å²) >= 11 is 4.84. The van der Waals surface area contributed by atoms with Crippen molar-refractivity contribution in [3.05, 3.63) is 59.2 Å². The Labute approximate surface area is 173 Å². The van der Waals surface area contributed by atoms with Crippen molar-refractivity contribution in [3.8, 4) is 5.75 Å². The van der Waals surface area contributed by atoms with Gasteiger partial charge in [0.25, 0.3) is 5.91 Å². The molecule has 0 heterocycles. The molecule has 0 aliphatic rings. The maximum Gasteiger partial charge on any atom is 0.416 e. The van der Waals surface area contributed by atoms with Crippen LogP contribution in [0.4, 0.5) is 32.0 Å². The van der Waals surface area contributed by atoms with E-state index in [0.717, 1.165) is 0 Å². The minimum atomic E-state index is -5.00. The summed E-state index contributed by atoms with van der Waals surface area (Å²) in [5, 5.41) is 3.92. The second-order valence-corrected chi connectivity index (χ2v) is 6.80. The number of rotatable bonds is 4. The van der Waals surface area contributed by atoms with Gasteiger partial charge in [-0.2, -0.15) is 26.3 Å². The molecule has 0 unspecified atom stereocenters. The topological polar surface area (TPSA) is 50.4 Å². The van der Waals surface area contributed by atoms with Gasteiger partial charge in [0, 0.05) is 11.3 Å². The molecule has 0 spiro atoms. The molecular weight excluding hydrogens is 434 g/mol. The van der Waals surface area contributed by atoms with Crippen LogP contribution in [0.1, 0.15) is 35.3 Å². The summed E-state index contributed by atoms with van der Waals surface area (Å²) in [5.74, 6) is -0.183. The maximum atomic E-state index is 12.9. The quantitative estimate of drug-likeness (QED) is 0.468. The molecule has 1 amide bonds. The number of amides is 1. The molecule has 2 aromatic rings. The third kappa shape index (κ3) is 6.61. The average Bonchev–Trinajstić information content (AvgIpc) is 2.59. The van der Waals surface area contributed by atoms with E-state index in [0.29, 0.717) is 17.9 Å². The number of carbonyl (C=O) groups excluding carboxylic acids is 1. The summed E-state index contributed by atoms with van der Waals surface area (Å²) in [6.45, 7) is 3.64. The van der Waals surface area contributed by atoms with Crippen molar-refractivity contribution in [3.63, 3.8) is 0 Å². The van der Waals surface area contributed by atoms with Crippen LogP contribution in [-0.4, -0.2) is 17.1 Å². The smallest absolute Gasteiger partial charge is 0.416 e. The van der Waals surface area contributed by atoms with Crippen LogP contribution in [0.5, 0.6) is 5.75 Å². The molecule has 0 aliphatic heterocycles. The highest BCUT2D eigenvalue weighted by Crippen LogP contribution is 2.37. The Bertz CT molecular complexity index is 892. The van der Waals surface area contributed by atoms with E-state index in [-0.39, 0.29) is 17.7 Å². The van der Waals surface area contributed by atoms with Crippen LogP contribution in [0.15, 0.2) is 42.5 Å². The number of benzene rings is 2. The van der Waals surface area contributed by atoms with E-state index < -0.39 is 40.2 Å². The zero-order chi connectivity index (χ0) is 22.7. The highest BCUT2D eigenvalue weighted by Gasteiger charge is 2.37. The lowest BCUT2D eigenvalue weighted by Crippen LogP contribution is -2.34. The van der Waals surface area contributed by atoms with Crippen LogP contribution in [-0.2, 0) is 12.4 Å². The molecule has 2 N–H and O–H groups in total. The second-order valence-electron chi connectivity index (χ2n) is 6.39. The summed E-state index contributed by atoms with van der Waals surface area (Å²) in [4.78, 5) is 12.2. The van der Waals surface area contributed by atoms with Gasteiger partial charge in [0.15, 0.2) is 5.11 Å². The van der Waals surface area contributed by atoms with E-state index in [1.807, 2.05) is 13.8 Å². The van der Waals surface area contributed by atoms with Gasteiger partial charge in [0.1, 0.15) is 5.75 Å². The number of anilines is 1. The molecule has 30 heavy (non-hydrogen) atoms. The number of hydrogen-bond acceptors (Lipinski definition) is 3. The summed E-state index contributed by atoms with van der Waals surface area (Å²) in [6, 6.07) is 6.86. The zero-order valence-corrected chi connectivity index (χ0v) is 16.4. The SMILES string of the molecule is CC(C)Oc1ccc(C(=O)NC(=S)Nc2cc(C(F)(F)F)cc(C(F)(F)F)c2)cc1. The van der Waals surface area contributed by atoms with Crippen LogP contribution in [0.2, 0.25) is 0 Å². The van der Waals surface area contributed by atoms with E-state index in [1.54, 1.807) is 0 Å². The van der Waals surface area contributed by atoms with E-state index in [1.165, 1.54) is 24.3 Å². The molecule has 4 nitrogen and oxygen atoms in total. The molecule has 2 aromatic carbocycles. The fourth-order valence-electron chi connectivity index (χ4n) is 2.32. The predicted octanol–water partition coefficient (Wildman–Crippen LogP) is 5.64. The Morgan fingerprint density at radius 1 is 0.933 bits per heavy atom. The van der Waals surface area contributed by atoms with Crippen molar-refractivity contribution in [1.29, 1.82) is 0 Å². The molecule has 0 saturated heterocycles. The lowest BCUT2D eigenvalue weighted by Gasteiger charge is -2.16. The van der Waals surface area contributed by atoms with E-state index in [9.17, 15) is 31.1 Å². The summed E-state index contributed by atoms with van der Waals surface area (Å²) in [5.41, 5.74) is -3.41. The molecule has 11 heteroatoms. The molecule has 0 fully saturated rings. The van der Waals surface area contributed by atoms with Gasteiger partial charge < -0.3 is 10.1 Å². The zero-order valence-electron chi connectivity index (χ0n) is 15.6. The Hall–Kier alpha value is -2.82. The highest BCUT2D eigenvalue weighted by atomic mass is 32.1. The molecule has 2 rings (SSSR count). The molecule has 162 valence electrons. The Morgan fingerprint density at radius 3 is 1.87 bits per heavy atom. The summed E-state index contributed by atoms with van der Waals surface area (Å²) in [7, 11) is 0. The lowest BCUT2D eigenvalue weighted by atomic mass is 10.1. The Morgan fingerprint density at radius 2 is 1.43 bits per heavy atom. The molecule has 0 saturated carbocycles. The van der Waals surface area contributed by atoms with Crippen LogP contribution in [0.3, 0.4) is 0 Å². The number of thiocarbonyl (C=S) groups is 1. The standard InChI is InChI=1S/C19H16F6N2O2S/c1-10(2)29-15-5-3-11(4-6-15)16(28)27-17(30)26-14-8-12(18(20,21)22)7-13(9-14)19(23,24)25/h3-10H,1-2H3,(H2,26,27,28,30). The number of carbonyl (C=O) groups is 1. The van der Waals surface area contributed by atoms with Gasteiger partial charge in [-0.15, -0.1) is 0 Å². The van der Waals surface area contributed by atoms with Gasteiger partial charge in [-0.25, -0.2) is 0 Å². The van der Waals surface area contributed by atoms with Crippen molar-refractivity contribution in [2.24, 2.45) is 0 Å². The number of alkyl halides is 6. The van der Waals surface area contributed by atoms with Gasteiger partial charge in [0.2, 0.25) is 0 Å². The Kier molecular flexibility index (Phi) is 6.96. The van der Waals surface area contributed by atoms with Gasteiger partial charge in [-0.3, -0.25) is 10.1 Å². The van der Waals surface area contributed by atoms with Crippen molar-refractivity contribution < 1.29 is 35.9 Å². The first-order valence-corrected chi connectivity index (χ1v) is 8.85. The molecular formula is C19H16F6N2O2S. The first-order valence-electron chi connectivity index (χ1n) is 8.44. The number of ether oxygens (including phenoxy) is 1. The van der Waals surface area contributed by atoms with E-state index >= 15 is 0 Å². The fourth-order valence-corrected chi connectivity index (χ4v) is 2.53. The third-order valence-corrected chi connectivity index (χ3v) is 3.77. The lowest BCUT2D eigenvalue weighted by molar-refractivity contribution is -0.143.